The highest BCUT2D eigenvalue weighted by Crippen LogP contribution is 2.18. The van der Waals surface area contributed by atoms with Crippen LogP contribution in [0.25, 0.3) is 0 Å². The number of aromatic carboxylic acids is 1. The largest absolute Gasteiger partial charge is 0.475 e. The summed E-state index contributed by atoms with van der Waals surface area (Å²) in [5, 5.41) is 8.59. The molecule has 1 rings (SSSR count). The minimum absolute atomic E-state index is 0. The van der Waals surface area contributed by atoms with Crippen molar-refractivity contribution in [2.24, 2.45) is 11.7 Å². The maximum Gasteiger partial charge on any atom is 0.373 e. The molecule has 0 bridgehead atoms. The van der Waals surface area contributed by atoms with E-state index in [2.05, 4.69) is 4.98 Å². The molecule has 0 radical (unpaired) electrons. The maximum atomic E-state index is 10.5. The highest BCUT2D eigenvalue weighted by molar-refractivity contribution is 5.85. The van der Waals surface area contributed by atoms with Gasteiger partial charge in [0.15, 0.2) is 0 Å². The molecular formula is C9H15ClN2O3. The molecule has 0 fully saturated rings. The number of hydrogen-bond donors (Lipinski definition) is 2. The first-order valence-electron chi connectivity index (χ1n) is 4.45. The number of rotatable bonds is 4. The standard InChI is InChI=1S/C9H14N2O3.ClH/c1-5(2)3-6(10)8-11-4-7(14-8)9(12)13;/h4-6H,3,10H2,1-2H3,(H,12,13);1H/t6-;/m0./s1. The predicted molar refractivity (Wildman–Crippen MR) is 57.1 cm³/mol. The fourth-order valence-electron chi connectivity index (χ4n) is 1.17. The molecule has 0 saturated carbocycles. The highest BCUT2D eigenvalue weighted by Gasteiger charge is 2.16. The van der Waals surface area contributed by atoms with E-state index in [1.165, 1.54) is 6.20 Å². The summed E-state index contributed by atoms with van der Waals surface area (Å²) in [5.74, 6) is -0.582. The maximum absolute atomic E-state index is 10.5. The van der Waals surface area contributed by atoms with E-state index in [4.69, 9.17) is 15.3 Å². The van der Waals surface area contributed by atoms with E-state index in [9.17, 15) is 4.79 Å². The smallest absolute Gasteiger partial charge is 0.373 e. The minimum atomic E-state index is -1.12. The molecule has 1 aromatic rings. The molecule has 0 saturated heterocycles. The normalized spacial score (nSPS) is 12.3. The SMILES string of the molecule is CC(C)C[C@H](N)c1ncc(C(=O)O)o1.Cl. The van der Waals surface area contributed by atoms with Crippen molar-refractivity contribution >= 4 is 18.4 Å². The van der Waals surface area contributed by atoms with Crippen molar-refractivity contribution < 1.29 is 14.3 Å². The van der Waals surface area contributed by atoms with Crippen molar-refractivity contribution in [3.8, 4) is 0 Å². The van der Waals surface area contributed by atoms with Crippen LogP contribution in [0.5, 0.6) is 0 Å². The Morgan fingerprint density at radius 1 is 1.67 bits per heavy atom. The number of aromatic nitrogens is 1. The summed E-state index contributed by atoms with van der Waals surface area (Å²) >= 11 is 0. The molecule has 1 aromatic heterocycles. The number of halogens is 1. The summed E-state index contributed by atoms with van der Waals surface area (Å²) in [6.07, 6.45) is 1.90. The molecule has 0 aromatic carbocycles. The molecule has 1 heterocycles. The van der Waals surface area contributed by atoms with Crippen molar-refractivity contribution in [1.82, 2.24) is 4.98 Å². The van der Waals surface area contributed by atoms with Crippen LogP contribution >= 0.6 is 12.4 Å². The van der Waals surface area contributed by atoms with Gasteiger partial charge in [0.25, 0.3) is 0 Å². The molecule has 6 heteroatoms. The summed E-state index contributed by atoms with van der Waals surface area (Å²) in [7, 11) is 0. The molecule has 86 valence electrons. The minimum Gasteiger partial charge on any atom is -0.475 e. The third-order valence-electron chi connectivity index (χ3n) is 1.78. The lowest BCUT2D eigenvalue weighted by Crippen LogP contribution is -2.13. The molecule has 1 atom stereocenters. The molecule has 0 aliphatic heterocycles. The Hall–Kier alpha value is -1.07. The summed E-state index contributed by atoms with van der Waals surface area (Å²) in [6.45, 7) is 4.06. The second-order valence-electron chi connectivity index (χ2n) is 3.60. The van der Waals surface area contributed by atoms with Gasteiger partial charge < -0.3 is 15.3 Å². The molecule has 0 spiro atoms. The molecule has 0 amide bonds. The van der Waals surface area contributed by atoms with E-state index in [1.807, 2.05) is 13.8 Å². The van der Waals surface area contributed by atoms with Gasteiger partial charge in [0, 0.05) is 0 Å². The second kappa shape index (κ2) is 5.72. The van der Waals surface area contributed by atoms with Gasteiger partial charge in [-0.15, -0.1) is 12.4 Å². The van der Waals surface area contributed by atoms with Crippen LogP contribution in [-0.2, 0) is 0 Å². The number of carboxylic acid groups (broad SMARTS) is 1. The van der Waals surface area contributed by atoms with Gasteiger partial charge in [-0.2, -0.15) is 0 Å². The van der Waals surface area contributed by atoms with E-state index < -0.39 is 5.97 Å². The lowest BCUT2D eigenvalue weighted by atomic mass is 10.0. The molecule has 3 N–H and O–H groups in total. The number of nitrogens with two attached hydrogens (primary N) is 1. The van der Waals surface area contributed by atoms with Crippen molar-refractivity contribution in [1.29, 1.82) is 0 Å². The topological polar surface area (TPSA) is 89.3 Å². The second-order valence-corrected chi connectivity index (χ2v) is 3.60. The number of nitrogens with zero attached hydrogens (tertiary/aromatic N) is 1. The Kier molecular flexibility index (Phi) is 5.32. The van der Waals surface area contributed by atoms with Crippen molar-refractivity contribution in [3.63, 3.8) is 0 Å². The molecule has 15 heavy (non-hydrogen) atoms. The molecule has 0 unspecified atom stereocenters. The number of hydrogen-bond acceptors (Lipinski definition) is 4. The van der Waals surface area contributed by atoms with E-state index >= 15 is 0 Å². The van der Waals surface area contributed by atoms with Crippen LogP contribution in [0.4, 0.5) is 0 Å². The molecule has 0 aliphatic carbocycles. The summed E-state index contributed by atoms with van der Waals surface area (Å²) in [6, 6.07) is -0.330. The van der Waals surface area contributed by atoms with Gasteiger partial charge in [0.1, 0.15) is 0 Å². The summed E-state index contributed by atoms with van der Waals surface area (Å²) in [4.78, 5) is 14.3. The van der Waals surface area contributed by atoms with Gasteiger partial charge in [0.05, 0.1) is 12.2 Å². The average molecular weight is 235 g/mol. The first kappa shape index (κ1) is 13.9. The van der Waals surface area contributed by atoms with Gasteiger partial charge in [-0.3, -0.25) is 0 Å². The van der Waals surface area contributed by atoms with Crippen LogP contribution in [0.3, 0.4) is 0 Å². The molecular weight excluding hydrogens is 220 g/mol. The summed E-state index contributed by atoms with van der Waals surface area (Å²) in [5.41, 5.74) is 5.76. The van der Waals surface area contributed by atoms with Crippen molar-refractivity contribution in [3.05, 3.63) is 17.8 Å². The molecule has 5 nitrogen and oxygen atoms in total. The predicted octanol–water partition coefficient (Wildman–Crippen LogP) is 1.84. The quantitative estimate of drug-likeness (QED) is 0.830. The number of carboxylic acids is 1. The number of oxazole rings is 1. The van der Waals surface area contributed by atoms with E-state index in [0.29, 0.717) is 5.92 Å². The van der Waals surface area contributed by atoms with Gasteiger partial charge in [-0.25, -0.2) is 9.78 Å². The van der Waals surface area contributed by atoms with Crippen LogP contribution in [-0.4, -0.2) is 16.1 Å². The van der Waals surface area contributed by atoms with E-state index in [0.717, 1.165) is 6.42 Å². The van der Waals surface area contributed by atoms with Crippen LogP contribution in [0.1, 0.15) is 42.8 Å². The first-order chi connectivity index (χ1) is 6.50. The Balaban J connectivity index is 0.00000196. The monoisotopic (exact) mass is 234 g/mol. The van der Waals surface area contributed by atoms with Crippen LogP contribution in [0.2, 0.25) is 0 Å². The van der Waals surface area contributed by atoms with Crippen molar-refractivity contribution in [2.75, 3.05) is 0 Å². The average Bonchev–Trinajstić information content (AvgIpc) is 2.50. The van der Waals surface area contributed by atoms with Crippen molar-refractivity contribution in [2.45, 2.75) is 26.3 Å². The first-order valence-corrected chi connectivity index (χ1v) is 4.45. The van der Waals surface area contributed by atoms with Gasteiger partial charge >= 0.3 is 5.97 Å². The fourth-order valence-corrected chi connectivity index (χ4v) is 1.17. The van der Waals surface area contributed by atoms with Gasteiger partial charge in [0.2, 0.25) is 11.7 Å². The van der Waals surface area contributed by atoms with Crippen LogP contribution < -0.4 is 5.73 Å². The Morgan fingerprint density at radius 2 is 2.27 bits per heavy atom. The summed E-state index contributed by atoms with van der Waals surface area (Å²) < 4.78 is 4.97. The lowest BCUT2D eigenvalue weighted by Gasteiger charge is -2.09. The zero-order valence-corrected chi connectivity index (χ0v) is 9.45. The third-order valence-corrected chi connectivity index (χ3v) is 1.78. The zero-order valence-electron chi connectivity index (χ0n) is 8.64. The van der Waals surface area contributed by atoms with E-state index in [-0.39, 0.29) is 30.1 Å². The Labute approximate surface area is 94.1 Å². The lowest BCUT2D eigenvalue weighted by molar-refractivity contribution is 0.0659. The number of carbonyl (C=O) groups is 1. The Bertz CT molecular complexity index is 325. The fraction of sp³-hybridized carbons (Fsp3) is 0.556. The third kappa shape index (κ3) is 3.89. The van der Waals surface area contributed by atoms with Crippen LogP contribution in [0, 0.1) is 5.92 Å². The highest BCUT2D eigenvalue weighted by atomic mass is 35.5. The zero-order chi connectivity index (χ0) is 10.7. The van der Waals surface area contributed by atoms with E-state index in [1.54, 1.807) is 0 Å². The van der Waals surface area contributed by atoms with Gasteiger partial charge in [-0.05, 0) is 12.3 Å². The van der Waals surface area contributed by atoms with Crippen LogP contribution in [0.15, 0.2) is 10.6 Å². The van der Waals surface area contributed by atoms with Gasteiger partial charge in [-0.1, -0.05) is 13.8 Å². The molecule has 0 aliphatic rings. The Morgan fingerprint density at radius 3 is 2.67 bits per heavy atom.